The van der Waals surface area contributed by atoms with E-state index in [1.165, 1.54) is 16.4 Å². The van der Waals surface area contributed by atoms with E-state index in [9.17, 15) is 17.6 Å². The zero-order valence-electron chi connectivity index (χ0n) is 16.9. The Balaban J connectivity index is 1.80. The summed E-state index contributed by atoms with van der Waals surface area (Å²) in [5.74, 6) is -0.696. The predicted molar refractivity (Wildman–Crippen MR) is 109 cm³/mol. The fourth-order valence-electron chi connectivity index (χ4n) is 3.26. The fourth-order valence-corrected chi connectivity index (χ4v) is 4.69. The number of halogens is 1. The van der Waals surface area contributed by atoms with Gasteiger partial charge in [0.15, 0.2) is 0 Å². The van der Waals surface area contributed by atoms with Crippen molar-refractivity contribution in [3.05, 3.63) is 54.1 Å². The molecule has 0 unspecified atom stereocenters. The highest BCUT2D eigenvalue weighted by molar-refractivity contribution is 7.89. The average molecular weight is 422 g/mol. The zero-order chi connectivity index (χ0) is 21.0. The molecular weight excluding hydrogens is 393 g/mol. The molecule has 3 rings (SSSR count). The Morgan fingerprint density at radius 2 is 1.90 bits per heavy atom. The molecule has 1 heterocycles. The molecule has 1 aromatic carbocycles. The molecule has 1 fully saturated rings. The highest BCUT2D eigenvalue weighted by Gasteiger charge is 2.35. The molecule has 2 aromatic rings. The van der Waals surface area contributed by atoms with Gasteiger partial charge in [-0.25, -0.2) is 12.8 Å². The Morgan fingerprint density at radius 3 is 2.45 bits per heavy atom. The van der Waals surface area contributed by atoms with Crippen LogP contribution in [0.2, 0.25) is 0 Å². The number of rotatable bonds is 10. The first-order valence-electron chi connectivity index (χ1n) is 9.98. The molecule has 1 saturated carbocycles. The highest BCUT2D eigenvalue weighted by Crippen LogP contribution is 2.29. The van der Waals surface area contributed by atoms with Gasteiger partial charge in [-0.15, -0.1) is 0 Å². The number of amides is 1. The lowest BCUT2D eigenvalue weighted by atomic mass is 10.3. The van der Waals surface area contributed by atoms with Crippen molar-refractivity contribution in [3.63, 3.8) is 0 Å². The van der Waals surface area contributed by atoms with Gasteiger partial charge in [-0.2, -0.15) is 4.31 Å². The smallest absolute Gasteiger partial charge is 0.243 e. The summed E-state index contributed by atoms with van der Waals surface area (Å²) in [6.45, 7) is 2.48. The number of aromatic nitrogens is 1. The van der Waals surface area contributed by atoms with E-state index >= 15 is 0 Å². The molecule has 29 heavy (non-hydrogen) atoms. The van der Waals surface area contributed by atoms with Crippen molar-refractivity contribution in [3.8, 4) is 0 Å². The predicted octanol–water partition coefficient (Wildman–Crippen LogP) is 3.15. The van der Waals surface area contributed by atoms with Crippen molar-refractivity contribution in [1.29, 1.82) is 0 Å². The molecule has 0 N–H and O–H groups in total. The Bertz CT molecular complexity index is 936. The van der Waals surface area contributed by atoms with Crippen molar-refractivity contribution in [2.45, 2.75) is 50.1 Å². The molecule has 0 aliphatic heterocycles. The SMILES string of the molecule is CCCCN(CC(=O)N(Cc1cccn1C)C1CC1)S(=O)(=O)c1ccc(F)cc1. The van der Waals surface area contributed by atoms with Crippen LogP contribution in [0.3, 0.4) is 0 Å². The fraction of sp³-hybridized carbons (Fsp3) is 0.476. The summed E-state index contributed by atoms with van der Waals surface area (Å²) in [6, 6.07) is 8.80. The summed E-state index contributed by atoms with van der Waals surface area (Å²) in [4.78, 5) is 14.9. The average Bonchev–Trinajstić information content (AvgIpc) is 3.45. The minimum absolute atomic E-state index is 0.00297. The molecule has 158 valence electrons. The van der Waals surface area contributed by atoms with Gasteiger partial charge in [0.05, 0.1) is 18.0 Å². The third-order valence-corrected chi connectivity index (χ3v) is 7.08. The van der Waals surface area contributed by atoms with Crippen molar-refractivity contribution >= 4 is 15.9 Å². The minimum Gasteiger partial charge on any atom is -0.353 e. The van der Waals surface area contributed by atoms with Gasteiger partial charge in [0.2, 0.25) is 15.9 Å². The number of hydrogen-bond donors (Lipinski definition) is 0. The van der Waals surface area contributed by atoms with Gasteiger partial charge in [0, 0.05) is 31.5 Å². The topological polar surface area (TPSA) is 62.6 Å². The maximum absolute atomic E-state index is 13.2. The molecule has 1 aromatic heterocycles. The minimum atomic E-state index is -3.88. The van der Waals surface area contributed by atoms with Crippen LogP contribution in [0.1, 0.15) is 38.3 Å². The monoisotopic (exact) mass is 421 g/mol. The summed E-state index contributed by atoms with van der Waals surface area (Å²) >= 11 is 0. The highest BCUT2D eigenvalue weighted by atomic mass is 32.2. The quantitative estimate of drug-likeness (QED) is 0.592. The van der Waals surface area contributed by atoms with Crippen LogP contribution >= 0.6 is 0 Å². The van der Waals surface area contributed by atoms with Crippen LogP contribution in [0.5, 0.6) is 0 Å². The second-order valence-corrected chi connectivity index (χ2v) is 9.45. The van der Waals surface area contributed by atoms with Crippen LogP contribution in [-0.4, -0.2) is 47.2 Å². The van der Waals surface area contributed by atoms with E-state index in [0.717, 1.165) is 37.1 Å². The van der Waals surface area contributed by atoms with Gasteiger partial charge in [-0.05, 0) is 55.7 Å². The molecular formula is C21H28FN3O3S. The molecule has 0 radical (unpaired) electrons. The Morgan fingerprint density at radius 1 is 1.21 bits per heavy atom. The van der Waals surface area contributed by atoms with Crippen LogP contribution in [0.4, 0.5) is 4.39 Å². The summed E-state index contributed by atoms with van der Waals surface area (Å²) < 4.78 is 42.6. The van der Waals surface area contributed by atoms with Crippen LogP contribution in [0.25, 0.3) is 0 Å². The van der Waals surface area contributed by atoms with Crippen molar-refractivity contribution in [2.24, 2.45) is 7.05 Å². The largest absolute Gasteiger partial charge is 0.353 e. The number of unbranched alkanes of at least 4 members (excludes halogenated alkanes) is 1. The normalized spacial score (nSPS) is 14.3. The van der Waals surface area contributed by atoms with Crippen LogP contribution in [0, 0.1) is 5.82 Å². The van der Waals surface area contributed by atoms with E-state index in [1.54, 1.807) is 4.90 Å². The maximum atomic E-state index is 13.2. The van der Waals surface area contributed by atoms with Gasteiger partial charge >= 0.3 is 0 Å². The summed E-state index contributed by atoms with van der Waals surface area (Å²) in [5, 5.41) is 0. The van der Waals surface area contributed by atoms with E-state index in [0.29, 0.717) is 13.0 Å². The molecule has 6 nitrogen and oxygen atoms in total. The van der Waals surface area contributed by atoms with Crippen LogP contribution in [0.15, 0.2) is 47.5 Å². The molecule has 0 saturated heterocycles. The van der Waals surface area contributed by atoms with E-state index in [-0.39, 0.29) is 29.9 Å². The van der Waals surface area contributed by atoms with Gasteiger partial charge in [-0.1, -0.05) is 13.3 Å². The maximum Gasteiger partial charge on any atom is 0.243 e. The lowest BCUT2D eigenvalue weighted by Gasteiger charge is -2.27. The molecule has 1 aliphatic carbocycles. The first-order valence-corrected chi connectivity index (χ1v) is 11.4. The second-order valence-electron chi connectivity index (χ2n) is 7.51. The molecule has 0 spiro atoms. The third-order valence-electron chi connectivity index (χ3n) is 5.22. The van der Waals surface area contributed by atoms with Crippen LogP contribution < -0.4 is 0 Å². The van der Waals surface area contributed by atoms with E-state index < -0.39 is 15.8 Å². The number of hydrogen-bond acceptors (Lipinski definition) is 3. The van der Waals surface area contributed by atoms with Gasteiger partial charge in [0.25, 0.3) is 0 Å². The molecule has 0 atom stereocenters. The van der Waals surface area contributed by atoms with Crippen LogP contribution in [-0.2, 0) is 28.4 Å². The number of aryl methyl sites for hydroxylation is 1. The molecule has 0 bridgehead atoms. The second kappa shape index (κ2) is 9.09. The zero-order valence-corrected chi connectivity index (χ0v) is 17.7. The van der Waals surface area contributed by atoms with Gasteiger partial charge in [0.1, 0.15) is 5.82 Å². The lowest BCUT2D eigenvalue weighted by molar-refractivity contribution is -0.132. The van der Waals surface area contributed by atoms with E-state index in [4.69, 9.17) is 0 Å². The Kier molecular flexibility index (Phi) is 6.74. The first-order chi connectivity index (χ1) is 13.8. The summed E-state index contributed by atoms with van der Waals surface area (Å²) in [5.41, 5.74) is 1.01. The first kappa shape index (κ1) is 21.5. The number of nitrogens with zero attached hydrogens (tertiary/aromatic N) is 3. The molecule has 1 aliphatic rings. The van der Waals surface area contributed by atoms with Gasteiger partial charge in [-0.3, -0.25) is 4.79 Å². The number of benzene rings is 1. The van der Waals surface area contributed by atoms with Gasteiger partial charge < -0.3 is 9.47 Å². The molecule has 1 amide bonds. The standard InChI is InChI=1S/C21H28FN3O3S/c1-3-4-14-24(29(27,28)20-11-7-17(22)8-12-20)16-21(26)25(18-9-10-18)15-19-6-5-13-23(19)2/h5-8,11-13,18H,3-4,9-10,14-16H2,1-2H3. The number of carbonyl (C=O) groups excluding carboxylic acids is 1. The lowest BCUT2D eigenvalue weighted by Crippen LogP contribution is -2.44. The van der Waals surface area contributed by atoms with Crippen molar-refractivity contribution < 1.29 is 17.6 Å². The Labute approximate surface area is 172 Å². The molecule has 8 heteroatoms. The number of sulfonamides is 1. The number of carbonyl (C=O) groups is 1. The van der Waals surface area contributed by atoms with Crippen molar-refractivity contribution in [1.82, 2.24) is 13.8 Å². The summed E-state index contributed by atoms with van der Waals surface area (Å²) in [6.07, 6.45) is 5.26. The summed E-state index contributed by atoms with van der Waals surface area (Å²) in [7, 11) is -1.95. The van der Waals surface area contributed by atoms with Crippen molar-refractivity contribution in [2.75, 3.05) is 13.1 Å². The third kappa shape index (κ3) is 5.25. The Hall–Kier alpha value is -2.19. The van der Waals surface area contributed by atoms with E-state index in [1.807, 2.05) is 36.9 Å². The van der Waals surface area contributed by atoms with E-state index in [2.05, 4.69) is 0 Å².